The fraction of sp³-hybridized carbons (Fsp3) is 0.478. The van der Waals surface area contributed by atoms with Gasteiger partial charge in [0.1, 0.15) is 0 Å². The molecule has 0 unspecified atom stereocenters. The van der Waals surface area contributed by atoms with Gasteiger partial charge in [0.2, 0.25) is 0 Å². The second kappa shape index (κ2) is 7.25. The van der Waals surface area contributed by atoms with Crippen LogP contribution in [0.15, 0.2) is 53.0 Å². The van der Waals surface area contributed by atoms with Crippen molar-refractivity contribution in [3.8, 4) is 0 Å². The Morgan fingerprint density at radius 2 is 1.32 bits per heavy atom. The molecule has 0 N–H and O–H groups in total. The Bertz CT molecular complexity index is 714. The van der Waals surface area contributed by atoms with E-state index in [2.05, 4.69) is 97.1 Å². The van der Waals surface area contributed by atoms with Gasteiger partial charge in [0.15, 0.2) is 0 Å². The predicted octanol–water partition coefficient (Wildman–Crippen LogP) is 7.00. The molecule has 1 aliphatic rings. The number of hydrogen-bond acceptors (Lipinski definition) is 1. The van der Waals surface area contributed by atoms with Crippen LogP contribution in [-0.4, -0.2) is 4.90 Å². The van der Waals surface area contributed by atoms with Crippen LogP contribution < -0.4 is 0 Å². The fourth-order valence-corrected chi connectivity index (χ4v) is 5.46. The van der Waals surface area contributed by atoms with Crippen molar-refractivity contribution in [2.24, 2.45) is 0 Å². The SMILES string of the molecule is CCC1(CC)c2ccc(Br)cc2C(CC)(CC)N1Cc1ccccc1. The van der Waals surface area contributed by atoms with Gasteiger partial charge < -0.3 is 0 Å². The minimum atomic E-state index is 0.112. The summed E-state index contributed by atoms with van der Waals surface area (Å²) in [4.78, 5) is 2.83. The van der Waals surface area contributed by atoms with E-state index in [9.17, 15) is 0 Å². The first-order valence-electron chi connectivity index (χ1n) is 9.70. The minimum Gasteiger partial charge on any atom is -0.280 e. The highest BCUT2D eigenvalue weighted by atomic mass is 79.9. The molecule has 0 atom stereocenters. The van der Waals surface area contributed by atoms with E-state index in [-0.39, 0.29) is 11.1 Å². The number of benzene rings is 2. The summed E-state index contributed by atoms with van der Waals surface area (Å²) < 4.78 is 1.19. The standard InChI is InChI=1S/C23H30BrN/c1-5-22(6-2)20-15-14-19(24)16-21(20)23(7-3,8-4)25(22)17-18-12-10-9-11-13-18/h9-16H,5-8,17H2,1-4H3. The third kappa shape index (κ3) is 2.78. The van der Waals surface area contributed by atoms with Gasteiger partial charge in [0, 0.05) is 22.1 Å². The maximum atomic E-state index is 3.72. The average Bonchev–Trinajstić information content (AvgIpc) is 2.88. The first-order valence-corrected chi connectivity index (χ1v) is 10.5. The van der Waals surface area contributed by atoms with Gasteiger partial charge in [-0.15, -0.1) is 0 Å². The summed E-state index contributed by atoms with van der Waals surface area (Å²) in [5.41, 5.74) is 4.72. The molecule has 1 aliphatic heterocycles. The van der Waals surface area contributed by atoms with Gasteiger partial charge in [-0.3, -0.25) is 4.90 Å². The number of halogens is 1. The van der Waals surface area contributed by atoms with Crippen LogP contribution in [0, 0.1) is 0 Å². The summed E-state index contributed by atoms with van der Waals surface area (Å²) in [5.74, 6) is 0. The quantitative estimate of drug-likeness (QED) is 0.505. The summed E-state index contributed by atoms with van der Waals surface area (Å²) in [6, 6.07) is 17.9. The Morgan fingerprint density at radius 1 is 0.760 bits per heavy atom. The van der Waals surface area contributed by atoms with Crippen LogP contribution in [0.1, 0.15) is 70.1 Å². The van der Waals surface area contributed by atoms with E-state index < -0.39 is 0 Å². The molecule has 2 heteroatoms. The molecule has 2 aromatic carbocycles. The first kappa shape index (κ1) is 18.7. The Kier molecular flexibility index (Phi) is 5.41. The molecule has 0 aliphatic carbocycles. The van der Waals surface area contributed by atoms with E-state index in [0.717, 1.165) is 32.2 Å². The normalized spacial score (nSPS) is 18.3. The predicted molar refractivity (Wildman–Crippen MR) is 111 cm³/mol. The smallest absolute Gasteiger partial charge is 0.0471 e. The largest absolute Gasteiger partial charge is 0.280 e. The van der Waals surface area contributed by atoms with E-state index in [0.29, 0.717) is 0 Å². The van der Waals surface area contributed by atoms with Crippen molar-refractivity contribution in [1.82, 2.24) is 4.90 Å². The van der Waals surface area contributed by atoms with Crippen molar-refractivity contribution in [2.45, 2.75) is 71.0 Å². The van der Waals surface area contributed by atoms with E-state index in [1.807, 2.05) is 0 Å². The lowest BCUT2D eigenvalue weighted by Crippen LogP contribution is -2.49. The van der Waals surface area contributed by atoms with E-state index >= 15 is 0 Å². The number of hydrogen-bond donors (Lipinski definition) is 0. The van der Waals surface area contributed by atoms with Crippen molar-refractivity contribution in [2.75, 3.05) is 0 Å². The van der Waals surface area contributed by atoms with Crippen molar-refractivity contribution >= 4 is 15.9 Å². The summed E-state index contributed by atoms with van der Waals surface area (Å²) in [7, 11) is 0. The van der Waals surface area contributed by atoms with Crippen LogP contribution in [0.25, 0.3) is 0 Å². The van der Waals surface area contributed by atoms with Gasteiger partial charge in [-0.05, 0) is 54.5 Å². The molecule has 0 bridgehead atoms. The topological polar surface area (TPSA) is 3.24 Å². The molecule has 0 spiro atoms. The Morgan fingerprint density at radius 3 is 1.88 bits per heavy atom. The van der Waals surface area contributed by atoms with Crippen molar-refractivity contribution < 1.29 is 0 Å². The molecule has 0 fully saturated rings. The van der Waals surface area contributed by atoms with E-state index in [1.165, 1.54) is 15.6 Å². The molecule has 0 radical (unpaired) electrons. The maximum absolute atomic E-state index is 3.72. The molecule has 0 aromatic heterocycles. The molecule has 0 saturated heterocycles. The molecule has 134 valence electrons. The third-order valence-corrected chi connectivity index (χ3v) is 7.03. The molecule has 0 amide bonds. The van der Waals surface area contributed by atoms with E-state index in [1.54, 1.807) is 5.56 Å². The van der Waals surface area contributed by atoms with Crippen molar-refractivity contribution in [3.05, 3.63) is 69.7 Å². The average molecular weight is 400 g/mol. The highest BCUT2D eigenvalue weighted by molar-refractivity contribution is 9.10. The highest BCUT2D eigenvalue weighted by Crippen LogP contribution is 2.57. The van der Waals surface area contributed by atoms with Crippen LogP contribution >= 0.6 is 15.9 Å². The highest BCUT2D eigenvalue weighted by Gasteiger charge is 2.54. The minimum absolute atomic E-state index is 0.112. The third-order valence-electron chi connectivity index (χ3n) is 6.54. The Hall–Kier alpha value is -1.12. The zero-order valence-electron chi connectivity index (χ0n) is 16.0. The van der Waals surface area contributed by atoms with Gasteiger partial charge in [0.05, 0.1) is 0 Å². The lowest BCUT2D eigenvalue weighted by atomic mass is 9.83. The molecule has 1 heterocycles. The van der Waals surface area contributed by atoms with Crippen LogP contribution in [-0.2, 0) is 17.6 Å². The molecule has 3 rings (SSSR count). The molecular formula is C23H30BrN. The molecule has 1 nitrogen and oxygen atoms in total. The van der Waals surface area contributed by atoms with Crippen molar-refractivity contribution in [3.63, 3.8) is 0 Å². The summed E-state index contributed by atoms with van der Waals surface area (Å²) >= 11 is 3.72. The van der Waals surface area contributed by atoms with Crippen molar-refractivity contribution in [1.29, 1.82) is 0 Å². The van der Waals surface area contributed by atoms with Gasteiger partial charge in [-0.1, -0.05) is 80.0 Å². The second-order valence-electron chi connectivity index (χ2n) is 7.24. The number of rotatable bonds is 6. The van der Waals surface area contributed by atoms with Gasteiger partial charge in [-0.2, -0.15) is 0 Å². The lowest BCUT2D eigenvalue weighted by molar-refractivity contribution is -0.0233. The molecule has 0 saturated carbocycles. The summed E-state index contributed by atoms with van der Waals surface area (Å²) in [6.45, 7) is 10.4. The zero-order valence-corrected chi connectivity index (χ0v) is 17.6. The van der Waals surface area contributed by atoms with Crippen LogP contribution in [0.2, 0.25) is 0 Å². The lowest BCUT2D eigenvalue weighted by Gasteiger charge is -2.47. The molecule has 25 heavy (non-hydrogen) atoms. The zero-order chi connectivity index (χ0) is 18.1. The number of fused-ring (bicyclic) bond motifs is 1. The first-order chi connectivity index (χ1) is 12.1. The van der Waals surface area contributed by atoms with Gasteiger partial charge >= 0.3 is 0 Å². The maximum Gasteiger partial charge on any atom is 0.0471 e. The van der Waals surface area contributed by atoms with Gasteiger partial charge in [-0.25, -0.2) is 0 Å². The van der Waals surface area contributed by atoms with Crippen LogP contribution in [0.3, 0.4) is 0 Å². The fourth-order valence-electron chi connectivity index (χ4n) is 5.10. The van der Waals surface area contributed by atoms with Gasteiger partial charge in [0.25, 0.3) is 0 Å². The van der Waals surface area contributed by atoms with Crippen LogP contribution in [0.5, 0.6) is 0 Å². The summed E-state index contributed by atoms with van der Waals surface area (Å²) in [5, 5.41) is 0. The Balaban J connectivity index is 2.22. The Labute approximate surface area is 161 Å². The molecular weight excluding hydrogens is 370 g/mol. The van der Waals surface area contributed by atoms with Crippen LogP contribution in [0.4, 0.5) is 0 Å². The summed E-state index contributed by atoms with van der Waals surface area (Å²) in [6.07, 6.45) is 4.57. The monoisotopic (exact) mass is 399 g/mol. The van der Waals surface area contributed by atoms with E-state index in [4.69, 9.17) is 0 Å². The second-order valence-corrected chi connectivity index (χ2v) is 8.15. The molecule has 2 aromatic rings. The number of nitrogens with zero attached hydrogens (tertiary/aromatic N) is 1.